The highest BCUT2D eigenvalue weighted by atomic mass is 15.5. The van der Waals surface area contributed by atoms with E-state index in [0.29, 0.717) is 17.1 Å². The van der Waals surface area contributed by atoms with Crippen molar-refractivity contribution in [2.24, 2.45) is 10.9 Å². The van der Waals surface area contributed by atoms with Crippen LogP contribution in [-0.2, 0) is 0 Å². The average molecular weight is 303 g/mol. The summed E-state index contributed by atoms with van der Waals surface area (Å²) >= 11 is 0. The van der Waals surface area contributed by atoms with Crippen molar-refractivity contribution in [1.29, 1.82) is 10.5 Å². The van der Waals surface area contributed by atoms with Gasteiger partial charge in [0.15, 0.2) is 0 Å². The van der Waals surface area contributed by atoms with Gasteiger partial charge in [0.2, 0.25) is 5.82 Å². The van der Waals surface area contributed by atoms with Gasteiger partial charge in [0, 0.05) is 17.2 Å². The maximum Gasteiger partial charge on any atom is 0.204 e. The van der Waals surface area contributed by atoms with Crippen molar-refractivity contribution in [2.45, 2.75) is 19.8 Å². The van der Waals surface area contributed by atoms with Crippen LogP contribution in [0.5, 0.6) is 0 Å². The van der Waals surface area contributed by atoms with Crippen LogP contribution in [-0.4, -0.2) is 26.3 Å². The lowest BCUT2D eigenvalue weighted by Gasteiger charge is -2.26. The first-order valence-electron chi connectivity index (χ1n) is 7.05. The monoisotopic (exact) mass is 303 g/mol. The molecule has 1 aromatic heterocycles. The number of rotatable bonds is 2. The van der Waals surface area contributed by atoms with E-state index in [1.165, 1.54) is 0 Å². The molecule has 112 valence electrons. The van der Waals surface area contributed by atoms with Gasteiger partial charge in [-0.3, -0.25) is 4.99 Å². The molecule has 0 saturated carbocycles. The molecule has 1 N–H and O–H groups in total. The zero-order valence-corrected chi connectivity index (χ0v) is 12.6. The number of nitrogens with zero attached hydrogens (tertiary/aromatic N) is 6. The van der Waals surface area contributed by atoms with Crippen LogP contribution in [0.3, 0.4) is 0 Å². The SMILES string of the molecule is CC1=NC(C)=C(C#N)C(c2ccc(-c3nn[nH]n3)cc2)C1C#N. The molecule has 7 heteroatoms. The highest BCUT2D eigenvalue weighted by Crippen LogP contribution is 2.38. The van der Waals surface area contributed by atoms with E-state index in [1.807, 2.05) is 31.2 Å². The predicted molar refractivity (Wildman–Crippen MR) is 82.9 cm³/mol. The van der Waals surface area contributed by atoms with E-state index in [-0.39, 0.29) is 5.92 Å². The quantitative estimate of drug-likeness (QED) is 0.914. The van der Waals surface area contributed by atoms with Crippen molar-refractivity contribution in [2.75, 3.05) is 0 Å². The smallest absolute Gasteiger partial charge is 0.204 e. The molecule has 1 aliphatic rings. The fourth-order valence-electron chi connectivity index (χ4n) is 2.83. The van der Waals surface area contributed by atoms with Crippen LogP contribution in [0.4, 0.5) is 0 Å². The third-order valence-corrected chi connectivity index (χ3v) is 3.96. The number of aliphatic imine (C=N–C) groups is 1. The third-order valence-electron chi connectivity index (χ3n) is 3.96. The van der Waals surface area contributed by atoms with Crippen LogP contribution in [0, 0.1) is 28.6 Å². The van der Waals surface area contributed by atoms with Crippen LogP contribution < -0.4 is 0 Å². The second-order valence-electron chi connectivity index (χ2n) is 5.31. The molecule has 0 spiro atoms. The predicted octanol–water partition coefficient (Wildman–Crippen LogP) is 2.36. The second-order valence-corrected chi connectivity index (χ2v) is 5.31. The standard InChI is InChI=1S/C16H13N7/c1-9-13(7-17)15(14(8-18)10(2)19-9)11-3-5-12(6-4-11)16-20-22-23-21-16/h3-6,13,15H,1-2H3,(H,20,21,22,23). The second kappa shape index (κ2) is 5.82. The summed E-state index contributed by atoms with van der Waals surface area (Å²) in [6.45, 7) is 3.63. The van der Waals surface area contributed by atoms with Gasteiger partial charge in [0.25, 0.3) is 0 Å². The van der Waals surface area contributed by atoms with Crippen molar-refractivity contribution in [3.05, 3.63) is 41.1 Å². The molecule has 0 aliphatic carbocycles. The van der Waals surface area contributed by atoms with Crippen molar-refractivity contribution in [1.82, 2.24) is 20.6 Å². The molecule has 7 nitrogen and oxygen atoms in total. The number of aromatic amines is 1. The first kappa shape index (κ1) is 14.6. The van der Waals surface area contributed by atoms with Gasteiger partial charge in [0.05, 0.1) is 29.3 Å². The minimum Gasteiger partial charge on any atom is -0.260 e. The van der Waals surface area contributed by atoms with E-state index in [2.05, 4.69) is 37.8 Å². The normalized spacial score (nSPS) is 20.6. The first-order chi connectivity index (χ1) is 11.2. The highest BCUT2D eigenvalue weighted by molar-refractivity contribution is 5.90. The molecule has 1 aliphatic heterocycles. The first-order valence-corrected chi connectivity index (χ1v) is 7.05. The Bertz CT molecular complexity index is 861. The van der Waals surface area contributed by atoms with E-state index in [1.54, 1.807) is 6.92 Å². The van der Waals surface area contributed by atoms with Crippen LogP contribution in [0.15, 0.2) is 40.5 Å². The minimum atomic E-state index is -0.440. The summed E-state index contributed by atoms with van der Waals surface area (Å²) in [5, 5.41) is 32.8. The van der Waals surface area contributed by atoms with Gasteiger partial charge in [-0.25, -0.2) is 0 Å². The van der Waals surface area contributed by atoms with Gasteiger partial charge in [-0.1, -0.05) is 24.3 Å². The van der Waals surface area contributed by atoms with E-state index >= 15 is 0 Å². The number of hydrogen-bond donors (Lipinski definition) is 1. The van der Waals surface area contributed by atoms with Gasteiger partial charge in [-0.15, -0.1) is 10.2 Å². The molecule has 2 unspecified atom stereocenters. The Morgan fingerprint density at radius 1 is 1.13 bits per heavy atom. The Balaban J connectivity index is 2.04. The number of nitriles is 2. The summed E-state index contributed by atoms with van der Waals surface area (Å²) in [5.41, 5.74) is 3.65. The maximum absolute atomic E-state index is 9.50. The van der Waals surface area contributed by atoms with Crippen LogP contribution >= 0.6 is 0 Å². The third kappa shape index (κ3) is 2.49. The van der Waals surface area contributed by atoms with Gasteiger partial charge in [0.1, 0.15) is 0 Å². The largest absolute Gasteiger partial charge is 0.260 e. The number of tetrazole rings is 1. The summed E-state index contributed by atoms with van der Waals surface area (Å²) in [6, 6.07) is 12.0. The Morgan fingerprint density at radius 2 is 1.87 bits per heavy atom. The summed E-state index contributed by atoms with van der Waals surface area (Å²) in [6.07, 6.45) is 0. The maximum atomic E-state index is 9.50. The number of allylic oxidation sites excluding steroid dienone is 2. The summed E-state index contributed by atoms with van der Waals surface area (Å²) in [5.74, 6) is -0.242. The minimum absolute atomic E-state index is 0.304. The van der Waals surface area contributed by atoms with Gasteiger partial charge in [-0.2, -0.15) is 15.7 Å². The molecule has 0 bridgehead atoms. The lowest BCUT2D eigenvalue weighted by Crippen LogP contribution is -2.24. The van der Waals surface area contributed by atoms with E-state index < -0.39 is 5.92 Å². The number of benzene rings is 1. The molecule has 0 amide bonds. The van der Waals surface area contributed by atoms with Gasteiger partial charge in [-0.05, 0) is 24.6 Å². The fraction of sp³-hybridized carbons (Fsp3) is 0.250. The summed E-state index contributed by atoms with van der Waals surface area (Å²) in [4.78, 5) is 4.34. The van der Waals surface area contributed by atoms with E-state index in [4.69, 9.17) is 0 Å². The average Bonchev–Trinajstić information content (AvgIpc) is 3.09. The van der Waals surface area contributed by atoms with Crippen LogP contribution in [0.1, 0.15) is 25.3 Å². The van der Waals surface area contributed by atoms with Crippen molar-refractivity contribution in [3.63, 3.8) is 0 Å². The molecular formula is C16H13N7. The number of hydrogen-bond acceptors (Lipinski definition) is 6. The molecule has 0 fully saturated rings. The van der Waals surface area contributed by atoms with Gasteiger partial charge < -0.3 is 0 Å². The molecule has 2 aromatic rings. The molecule has 2 heterocycles. The van der Waals surface area contributed by atoms with E-state index in [0.717, 1.165) is 16.8 Å². The van der Waals surface area contributed by atoms with Crippen LogP contribution in [0.25, 0.3) is 11.4 Å². The van der Waals surface area contributed by atoms with Gasteiger partial charge >= 0.3 is 0 Å². The fourth-order valence-corrected chi connectivity index (χ4v) is 2.83. The van der Waals surface area contributed by atoms with E-state index in [9.17, 15) is 10.5 Å². The molecule has 23 heavy (non-hydrogen) atoms. The highest BCUT2D eigenvalue weighted by Gasteiger charge is 2.33. The Morgan fingerprint density at radius 3 is 2.43 bits per heavy atom. The Labute approximate surface area is 133 Å². The topological polar surface area (TPSA) is 114 Å². The summed E-state index contributed by atoms with van der Waals surface area (Å²) in [7, 11) is 0. The molecule has 0 saturated heterocycles. The molecule has 2 atom stereocenters. The zero-order chi connectivity index (χ0) is 16.4. The number of H-pyrrole nitrogens is 1. The number of nitrogens with one attached hydrogen (secondary N) is 1. The summed E-state index contributed by atoms with van der Waals surface area (Å²) < 4.78 is 0. The lowest BCUT2D eigenvalue weighted by molar-refractivity contribution is 0.703. The lowest BCUT2D eigenvalue weighted by atomic mass is 9.77. The molecule has 0 radical (unpaired) electrons. The Hall–Kier alpha value is -3.32. The van der Waals surface area contributed by atoms with Crippen molar-refractivity contribution >= 4 is 5.71 Å². The zero-order valence-electron chi connectivity index (χ0n) is 12.6. The number of aromatic nitrogens is 4. The molecule has 1 aromatic carbocycles. The molecule has 3 rings (SSSR count). The Kier molecular flexibility index (Phi) is 3.70. The van der Waals surface area contributed by atoms with Crippen molar-refractivity contribution < 1.29 is 0 Å². The molecular weight excluding hydrogens is 290 g/mol. The van der Waals surface area contributed by atoms with Crippen molar-refractivity contribution in [3.8, 4) is 23.5 Å². The van der Waals surface area contributed by atoms with Crippen LogP contribution in [0.2, 0.25) is 0 Å².